The van der Waals surface area contributed by atoms with Gasteiger partial charge in [-0.25, -0.2) is 0 Å². The van der Waals surface area contributed by atoms with Crippen LogP contribution in [0.4, 0.5) is 8.78 Å². The van der Waals surface area contributed by atoms with E-state index in [1.54, 1.807) is 24.1 Å². The lowest BCUT2D eigenvalue weighted by Gasteiger charge is -2.19. The van der Waals surface area contributed by atoms with Gasteiger partial charge in [0.1, 0.15) is 0 Å². The Kier molecular flexibility index (Phi) is 6.13. The molecule has 0 spiro atoms. The molecular formula is C21H22F2N2O3. The lowest BCUT2D eigenvalue weighted by Crippen LogP contribution is -2.27. The molecule has 0 saturated heterocycles. The number of methoxy groups -OCH3 is 1. The number of halogens is 2. The number of hydrogen-bond donors (Lipinski definition) is 0. The summed E-state index contributed by atoms with van der Waals surface area (Å²) in [6.07, 6.45) is 2.31. The molecule has 0 radical (unpaired) electrons. The first-order valence-electron chi connectivity index (χ1n) is 8.87. The second kappa shape index (κ2) is 8.73. The third kappa shape index (κ3) is 4.60. The predicted molar refractivity (Wildman–Crippen MR) is 103 cm³/mol. The maximum Gasteiger partial charge on any atom is 0.387 e. The van der Waals surface area contributed by atoms with Crippen molar-refractivity contribution in [3.63, 3.8) is 0 Å². The summed E-state index contributed by atoms with van der Waals surface area (Å²) in [6.45, 7) is -2.09. The summed E-state index contributed by atoms with van der Waals surface area (Å²) in [7, 11) is 3.07. The summed E-state index contributed by atoms with van der Waals surface area (Å²) in [5.74, 6) is 0.136. The zero-order valence-corrected chi connectivity index (χ0v) is 15.8. The number of nitrogens with zero attached hydrogens (tertiary/aromatic N) is 2. The molecule has 7 heteroatoms. The molecule has 28 heavy (non-hydrogen) atoms. The number of hydrogen-bond acceptors (Lipinski definition) is 3. The van der Waals surface area contributed by atoms with Gasteiger partial charge < -0.3 is 18.9 Å². The monoisotopic (exact) mass is 388 g/mol. The van der Waals surface area contributed by atoms with Crippen molar-refractivity contribution in [2.75, 3.05) is 14.2 Å². The summed E-state index contributed by atoms with van der Waals surface area (Å²) < 4.78 is 36.7. The SMILES string of the molecule is COc1ccc(CN(C)C(=O)CCn2ccc3ccccc32)cc1OC(F)F. The Hall–Kier alpha value is -3.09. The minimum absolute atomic E-state index is 0.0371. The fourth-order valence-electron chi connectivity index (χ4n) is 3.11. The fourth-order valence-corrected chi connectivity index (χ4v) is 3.11. The maximum absolute atomic E-state index is 12.6. The van der Waals surface area contributed by atoms with Crippen LogP contribution < -0.4 is 9.47 Å². The van der Waals surface area contributed by atoms with E-state index in [0.29, 0.717) is 18.5 Å². The zero-order valence-electron chi connectivity index (χ0n) is 15.8. The summed E-state index contributed by atoms with van der Waals surface area (Å²) in [5.41, 5.74) is 1.76. The molecule has 3 rings (SSSR count). The van der Waals surface area contributed by atoms with Gasteiger partial charge in [0.25, 0.3) is 0 Å². The Labute approximate surface area is 162 Å². The first-order chi connectivity index (χ1) is 13.5. The number of fused-ring (bicyclic) bond motifs is 1. The van der Waals surface area contributed by atoms with E-state index >= 15 is 0 Å². The minimum Gasteiger partial charge on any atom is -0.493 e. The number of benzene rings is 2. The van der Waals surface area contributed by atoms with Crippen molar-refractivity contribution < 1.29 is 23.0 Å². The summed E-state index contributed by atoms with van der Waals surface area (Å²) in [4.78, 5) is 14.1. The van der Waals surface area contributed by atoms with Crippen LogP contribution in [0, 0.1) is 0 Å². The van der Waals surface area contributed by atoms with Crippen molar-refractivity contribution in [2.24, 2.45) is 0 Å². The minimum atomic E-state index is -2.94. The van der Waals surface area contributed by atoms with Gasteiger partial charge in [0.2, 0.25) is 5.91 Å². The van der Waals surface area contributed by atoms with E-state index in [4.69, 9.17) is 4.74 Å². The van der Waals surface area contributed by atoms with Crippen LogP contribution in [0.2, 0.25) is 0 Å². The van der Waals surface area contributed by atoms with Crippen LogP contribution in [-0.4, -0.2) is 36.1 Å². The molecule has 0 N–H and O–H groups in total. The Balaban J connectivity index is 1.62. The summed E-state index contributed by atoms with van der Waals surface area (Å²) in [5, 5.41) is 1.13. The normalized spacial score (nSPS) is 11.0. The Morgan fingerprint density at radius 3 is 2.68 bits per heavy atom. The number of aryl methyl sites for hydroxylation is 1. The predicted octanol–water partition coefficient (Wildman–Crippen LogP) is 4.30. The average Bonchev–Trinajstić information content (AvgIpc) is 3.09. The molecule has 1 heterocycles. The topological polar surface area (TPSA) is 43.7 Å². The van der Waals surface area contributed by atoms with E-state index in [0.717, 1.165) is 10.9 Å². The molecule has 0 bridgehead atoms. The number of carbonyl (C=O) groups excluding carboxylic acids is 1. The highest BCUT2D eigenvalue weighted by molar-refractivity contribution is 5.80. The molecule has 1 aromatic heterocycles. The third-order valence-corrected chi connectivity index (χ3v) is 4.54. The van der Waals surface area contributed by atoms with Crippen molar-refractivity contribution in [3.8, 4) is 11.5 Å². The average molecular weight is 388 g/mol. The number of amides is 1. The Morgan fingerprint density at radius 1 is 1.14 bits per heavy atom. The van der Waals surface area contributed by atoms with Gasteiger partial charge in [0, 0.05) is 38.3 Å². The van der Waals surface area contributed by atoms with Crippen LogP contribution >= 0.6 is 0 Å². The summed E-state index contributed by atoms with van der Waals surface area (Å²) in [6, 6.07) is 14.8. The van der Waals surface area contributed by atoms with Crippen molar-refractivity contribution in [1.29, 1.82) is 0 Å². The molecule has 0 aliphatic heterocycles. The number of para-hydroxylation sites is 1. The van der Waals surface area contributed by atoms with Crippen LogP contribution in [0.3, 0.4) is 0 Å². The van der Waals surface area contributed by atoms with Gasteiger partial charge in [-0.05, 0) is 35.2 Å². The van der Waals surface area contributed by atoms with Crippen LogP contribution in [-0.2, 0) is 17.9 Å². The number of ether oxygens (including phenoxy) is 2. The van der Waals surface area contributed by atoms with Crippen molar-refractivity contribution in [1.82, 2.24) is 9.47 Å². The fraction of sp³-hybridized carbons (Fsp3) is 0.286. The smallest absolute Gasteiger partial charge is 0.387 e. The van der Waals surface area contributed by atoms with Crippen LogP contribution in [0.1, 0.15) is 12.0 Å². The second-order valence-electron chi connectivity index (χ2n) is 6.43. The van der Waals surface area contributed by atoms with E-state index in [1.807, 2.05) is 41.1 Å². The second-order valence-corrected chi connectivity index (χ2v) is 6.43. The van der Waals surface area contributed by atoms with Crippen LogP contribution in [0.5, 0.6) is 11.5 Å². The molecule has 0 atom stereocenters. The highest BCUT2D eigenvalue weighted by Gasteiger charge is 2.14. The number of rotatable bonds is 8. The van der Waals surface area contributed by atoms with E-state index in [-0.39, 0.29) is 24.0 Å². The molecule has 5 nitrogen and oxygen atoms in total. The molecule has 0 aliphatic rings. The van der Waals surface area contributed by atoms with Gasteiger partial charge in [-0.15, -0.1) is 0 Å². The molecule has 3 aromatic rings. The van der Waals surface area contributed by atoms with Crippen LogP contribution in [0.15, 0.2) is 54.7 Å². The molecule has 0 unspecified atom stereocenters. The van der Waals surface area contributed by atoms with Gasteiger partial charge in [-0.2, -0.15) is 8.78 Å². The van der Waals surface area contributed by atoms with Gasteiger partial charge in [-0.1, -0.05) is 24.3 Å². The maximum atomic E-state index is 12.6. The first kappa shape index (κ1) is 19.7. The largest absolute Gasteiger partial charge is 0.493 e. The quantitative estimate of drug-likeness (QED) is 0.578. The Morgan fingerprint density at radius 2 is 1.93 bits per heavy atom. The number of carbonyl (C=O) groups is 1. The van der Waals surface area contributed by atoms with Gasteiger partial charge in [0.15, 0.2) is 11.5 Å². The molecule has 1 amide bonds. The molecule has 0 saturated carbocycles. The van der Waals surface area contributed by atoms with Crippen molar-refractivity contribution in [2.45, 2.75) is 26.1 Å². The lowest BCUT2D eigenvalue weighted by molar-refractivity contribution is -0.130. The molecule has 148 valence electrons. The molecular weight excluding hydrogens is 366 g/mol. The van der Waals surface area contributed by atoms with E-state index in [9.17, 15) is 13.6 Å². The number of alkyl halides is 2. The first-order valence-corrected chi connectivity index (χ1v) is 8.87. The molecule has 2 aromatic carbocycles. The molecule has 0 aliphatic carbocycles. The standard InChI is InChI=1S/C21H22F2N2O3/c1-24(14-15-7-8-18(27-2)19(13-15)28-21(22)23)20(26)10-12-25-11-9-16-5-3-4-6-17(16)25/h3-9,11,13,21H,10,12,14H2,1-2H3. The van der Waals surface area contributed by atoms with E-state index in [2.05, 4.69) is 4.74 Å². The lowest BCUT2D eigenvalue weighted by atomic mass is 10.2. The van der Waals surface area contributed by atoms with E-state index in [1.165, 1.54) is 13.2 Å². The van der Waals surface area contributed by atoms with Gasteiger partial charge in [-0.3, -0.25) is 4.79 Å². The van der Waals surface area contributed by atoms with Gasteiger partial charge >= 0.3 is 6.61 Å². The highest BCUT2D eigenvalue weighted by atomic mass is 19.3. The van der Waals surface area contributed by atoms with Crippen molar-refractivity contribution >= 4 is 16.8 Å². The molecule has 0 fully saturated rings. The summed E-state index contributed by atoms with van der Waals surface area (Å²) >= 11 is 0. The number of aromatic nitrogens is 1. The Bertz CT molecular complexity index is 956. The van der Waals surface area contributed by atoms with E-state index < -0.39 is 6.61 Å². The van der Waals surface area contributed by atoms with Crippen molar-refractivity contribution in [3.05, 3.63) is 60.3 Å². The van der Waals surface area contributed by atoms with Crippen LogP contribution in [0.25, 0.3) is 10.9 Å². The van der Waals surface area contributed by atoms with Gasteiger partial charge in [0.05, 0.1) is 7.11 Å². The highest BCUT2D eigenvalue weighted by Crippen LogP contribution is 2.30. The zero-order chi connectivity index (χ0) is 20.1. The third-order valence-electron chi connectivity index (χ3n) is 4.54.